The third-order valence-corrected chi connectivity index (χ3v) is 3.76. The summed E-state index contributed by atoms with van der Waals surface area (Å²) in [6.45, 7) is 3.19. The first kappa shape index (κ1) is 12.2. The smallest absolute Gasteiger partial charge is 0.0595 e. The van der Waals surface area contributed by atoms with Gasteiger partial charge in [0, 0.05) is 19.7 Å². The minimum Gasteiger partial charge on any atom is -0.396 e. The Kier molecular flexibility index (Phi) is 4.09. The Labute approximate surface area is 106 Å². The maximum Gasteiger partial charge on any atom is 0.0595 e. The normalized spacial score (nSPS) is 21.6. The zero-order chi connectivity index (χ0) is 11.5. The quantitative estimate of drug-likeness (QED) is 0.903. The Balaban J connectivity index is 1.97. The van der Waals surface area contributed by atoms with Gasteiger partial charge in [-0.3, -0.25) is 4.90 Å². The van der Waals surface area contributed by atoms with Crippen LogP contribution in [0.4, 0.5) is 0 Å². The van der Waals surface area contributed by atoms with Crippen LogP contribution in [0, 0.1) is 5.92 Å². The third-order valence-electron chi connectivity index (χ3n) is 3.02. The van der Waals surface area contributed by atoms with Crippen LogP contribution in [0.25, 0.3) is 0 Å². The highest BCUT2D eigenvalue weighted by molar-refractivity contribution is 6.42. The van der Waals surface area contributed by atoms with Crippen LogP contribution in [0.5, 0.6) is 0 Å². The van der Waals surface area contributed by atoms with Crippen LogP contribution in [0.15, 0.2) is 18.2 Å². The third kappa shape index (κ3) is 2.89. The van der Waals surface area contributed by atoms with Crippen molar-refractivity contribution in [3.63, 3.8) is 0 Å². The molecule has 4 heteroatoms. The van der Waals surface area contributed by atoms with Gasteiger partial charge >= 0.3 is 0 Å². The summed E-state index contributed by atoms with van der Waals surface area (Å²) in [6, 6.07) is 5.75. The van der Waals surface area contributed by atoms with E-state index >= 15 is 0 Å². The molecule has 1 fully saturated rings. The molecule has 1 aromatic rings. The predicted octanol–water partition coefficient (Wildman–Crippen LogP) is 2.81. The first-order valence-electron chi connectivity index (χ1n) is 5.46. The van der Waals surface area contributed by atoms with Crippen LogP contribution in [-0.4, -0.2) is 29.7 Å². The molecular formula is C12H15Cl2NO. The Morgan fingerprint density at radius 1 is 1.31 bits per heavy atom. The Morgan fingerprint density at radius 3 is 2.75 bits per heavy atom. The van der Waals surface area contributed by atoms with Crippen LogP contribution >= 0.6 is 23.2 Å². The molecule has 1 atom stereocenters. The summed E-state index contributed by atoms with van der Waals surface area (Å²) in [6.07, 6.45) is 1.08. The van der Waals surface area contributed by atoms with Gasteiger partial charge in [-0.25, -0.2) is 0 Å². The Hall–Kier alpha value is -0.280. The summed E-state index contributed by atoms with van der Waals surface area (Å²) in [5.41, 5.74) is 1.17. The molecule has 0 amide bonds. The lowest BCUT2D eigenvalue weighted by Gasteiger charge is -2.15. The predicted molar refractivity (Wildman–Crippen MR) is 66.9 cm³/mol. The van der Waals surface area contributed by atoms with E-state index in [0.29, 0.717) is 16.0 Å². The fraction of sp³-hybridized carbons (Fsp3) is 0.500. The highest BCUT2D eigenvalue weighted by Gasteiger charge is 2.21. The minimum atomic E-state index is 0.290. The molecule has 0 radical (unpaired) electrons. The zero-order valence-corrected chi connectivity index (χ0v) is 10.5. The monoisotopic (exact) mass is 259 g/mol. The van der Waals surface area contributed by atoms with Gasteiger partial charge in [0.2, 0.25) is 0 Å². The number of likely N-dealkylation sites (tertiary alicyclic amines) is 1. The standard InChI is InChI=1S/C12H15Cl2NO/c13-11-2-1-9(5-12(11)14)6-15-4-3-10(7-15)8-16/h1-2,5,10,16H,3-4,6-8H2/t10-/m0/s1. The van der Waals surface area contributed by atoms with Crippen LogP contribution < -0.4 is 0 Å². The molecule has 0 bridgehead atoms. The minimum absolute atomic E-state index is 0.290. The van der Waals surface area contributed by atoms with Crippen molar-refractivity contribution in [2.45, 2.75) is 13.0 Å². The molecule has 2 rings (SSSR count). The zero-order valence-electron chi connectivity index (χ0n) is 9.00. The second-order valence-electron chi connectivity index (χ2n) is 4.32. The van der Waals surface area contributed by atoms with Crippen LogP contribution in [0.2, 0.25) is 10.0 Å². The molecule has 1 N–H and O–H groups in total. The summed E-state index contributed by atoms with van der Waals surface area (Å²) < 4.78 is 0. The van der Waals surface area contributed by atoms with E-state index in [0.717, 1.165) is 26.1 Å². The number of rotatable bonds is 3. The lowest BCUT2D eigenvalue weighted by atomic mass is 10.1. The first-order valence-corrected chi connectivity index (χ1v) is 6.22. The number of aliphatic hydroxyl groups is 1. The molecule has 1 heterocycles. The molecule has 0 aliphatic carbocycles. The molecule has 0 saturated carbocycles. The fourth-order valence-corrected chi connectivity index (χ4v) is 2.42. The van der Waals surface area contributed by atoms with E-state index in [4.69, 9.17) is 28.3 Å². The first-order chi connectivity index (χ1) is 7.69. The van der Waals surface area contributed by atoms with Crippen molar-refractivity contribution in [2.24, 2.45) is 5.92 Å². The van der Waals surface area contributed by atoms with Gasteiger partial charge in [-0.1, -0.05) is 29.3 Å². The molecule has 1 aliphatic heterocycles. The van der Waals surface area contributed by atoms with E-state index in [1.54, 1.807) is 0 Å². The molecule has 1 aliphatic rings. The van der Waals surface area contributed by atoms with Gasteiger partial charge in [-0.2, -0.15) is 0 Å². The van der Waals surface area contributed by atoms with Gasteiger partial charge in [0.05, 0.1) is 10.0 Å². The number of benzene rings is 1. The fourth-order valence-electron chi connectivity index (χ4n) is 2.10. The van der Waals surface area contributed by atoms with Gasteiger partial charge in [-0.05, 0) is 36.6 Å². The van der Waals surface area contributed by atoms with E-state index in [1.807, 2.05) is 18.2 Å². The summed E-state index contributed by atoms with van der Waals surface area (Å²) in [5.74, 6) is 0.433. The van der Waals surface area contributed by atoms with Crippen LogP contribution in [0.3, 0.4) is 0 Å². The Bertz CT molecular complexity index is 370. The van der Waals surface area contributed by atoms with Crippen molar-refractivity contribution in [1.29, 1.82) is 0 Å². The lowest BCUT2D eigenvalue weighted by Crippen LogP contribution is -2.20. The SMILES string of the molecule is OC[C@H]1CCN(Cc2ccc(Cl)c(Cl)c2)C1. The molecule has 88 valence electrons. The van der Waals surface area contributed by atoms with Gasteiger partial charge in [0.15, 0.2) is 0 Å². The van der Waals surface area contributed by atoms with Crippen molar-refractivity contribution in [2.75, 3.05) is 19.7 Å². The van der Waals surface area contributed by atoms with E-state index in [-0.39, 0.29) is 6.61 Å². The molecule has 0 spiro atoms. The molecule has 0 aromatic heterocycles. The van der Waals surface area contributed by atoms with Gasteiger partial charge in [-0.15, -0.1) is 0 Å². The van der Waals surface area contributed by atoms with E-state index in [1.165, 1.54) is 5.56 Å². The van der Waals surface area contributed by atoms with Crippen molar-refractivity contribution >= 4 is 23.2 Å². The second kappa shape index (κ2) is 5.37. The molecule has 1 aromatic carbocycles. The van der Waals surface area contributed by atoms with E-state index in [9.17, 15) is 0 Å². The molecule has 0 unspecified atom stereocenters. The maximum atomic E-state index is 9.07. The molecule has 1 saturated heterocycles. The number of aliphatic hydroxyl groups excluding tert-OH is 1. The van der Waals surface area contributed by atoms with Crippen molar-refractivity contribution in [3.8, 4) is 0 Å². The number of hydrogen-bond donors (Lipinski definition) is 1. The van der Waals surface area contributed by atoms with E-state index < -0.39 is 0 Å². The molecule has 16 heavy (non-hydrogen) atoms. The van der Waals surface area contributed by atoms with Crippen molar-refractivity contribution in [1.82, 2.24) is 4.90 Å². The topological polar surface area (TPSA) is 23.5 Å². The summed E-state index contributed by atoms with van der Waals surface area (Å²) in [5, 5.41) is 10.3. The average molecular weight is 260 g/mol. The van der Waals surface area contributed by atoms with E-state index in [2.05, 4.69) is 4.90 Å². The molecular weight excluding hydrogens is 245 g/mol. The van der Waals surface area contributed by atoms with Gasteiger partial charge < -0.3 is 5.11 Å². The van der Waals surface area contributed by atoms with Crippen LogP contribution in [0.1, 0.15) is 12.0 Å². The highest BCUT2D eigenvalue weighted by Crippen LogP contribution is 2.24. The summed E-state index contributed by atoms with van der Waals surface area (Å²) in [4.78, 5) is 2.33. The average Bonchev–Trinajstić information content (AvgIpc) is 2.71. The number of hydrogen-bond acceptors (Lipinski definition) is 2. The maximum absolute atomic E-state index is 9.07. The Morgan fingerprint density at radius 2 is 2.12 bits per heavy atom. The van der Waals surface area contributed by atoms with Crippen molar-refractivity contribution < 1.29 is 5.11 Å². The molecule has 2 nitrogen and oxygen atoms in total. The lowest BCUT2D eigenvalue weighted by molar-refractivity contribution is 0.220. The summed E-state index contributed by atoms with van der Waals surface area (Å²) >= 11 is 11.8. The van der Waals surface area contributed by atoms with Gasteiger partial charge in [0.25, 0.3) is 0 Å². The summed E-state index contributed by atoms with van der Waals surface area (Å²) in [7, 11) is 0. The number of halogens is 2. The van der Waals surface area contributed by atoms with Gasteiger partial charge in [0.1, 0.15) is 0 Å². The largest absolute Gasteiger partial charge is 0.396 e. The van der Waals surface area contributed by atoms with Crippen LogP contribution in [-0.2, 0) is 6.54 Å². The van der Waals surface area contributed by atoms with Crippen molar-refractivity contribution in [3.05, 3.63) is 33.8 Å². The second-order valence-corrected chi connectivity index (χ2v) is 5.14. The number of nitrogens with zero attached hydrogens (tertiary/aromatic N) is 1. The highest BCUT2D eigenvalue weighted by atomic mass is 35.5.